The second kappa shape index (κ2) is 5.22. The van der Waals surface area contributed by atoms with Gasteiger partial charge in [0.05, 0.1) is 4.91 Å². The molecule has 20 heavy (non-hydrogen) atoms. The Hall–Kier alpha value is -1.33. The zero-order valence-corrected chi connectivity index (χ0v) is 13.5. The first-order valence-electron chi connectivity index (χ1n) is 6.27. The van der Waals surface area contributed by atoms with Crippen LogP contribution in [0.25, 0.3) is 6.08 Å². The molecule has 0 bridgehead atoms. The molecule has 1 saturated heterocycles. The highest BCUT2D eigenvalue weighted by atomic mass is 32.2. The van der Waals surface area contributed by atoms with Crippen molar-refractivity contribution in [1.29, 1.82) is 0 Å². The Morgan fingerprint density at radius 2 is 2.00 bits per heavy atom. The average molecular weight is 307 g/mol. The molecule has 5 heteroatoms. The number of nitrogens with one attached hydrogen (secondary N) is 1. The van der Waals surface area contributed by atoms with Crippen LogP contribution in [0.2, 0.25) is 0 Å². The molecule has 0 spiro atoms. The molecule has 1 aliphatic heterocycles. The zero-order chi connectivity index (χ0) is 15.1. The number of thioether (sulfide) groups is 1. The molecule has 1 amide bonds. The van der Waals surface area contributed by atoms with E-state index in [0.29, 0.717) is 9.23 Å². The van der Waals surface area contributed by atoms with Crippen LogP contribution < -0.4 is 5.32 Å². The molecule has 1 aromatic carbocycles. The van der Waals surface area contributed by atoms with Crippen molar-refractivity contribution in [2.24, 2.45) is 0 Å². The number of hydrogen-bond donors (Lipinski definition) is 2. The number of benzene rings is 1. The number of thiocarbonyl (C=S) groups is 1. The van der Waals surface area contributed by atoms with Crippen LogP contribution in [0.3, 0.4) is 0 Å². The molecular weight excluding hydrogens is 290 g/mol. The van der Waals surface area contributed by atoms with Crippen molar-refractivity contribution >= 4 is 40.3 Å². The Kier molecular flexibility index (Phi) is 3.93. The third-order valence-corrected chi connectivity index (χ3v) is 4.27. The minimum Gasteiger partial charge on any atom is -0.508 e. The lowest BCUT2D eigenvalue weighted by Gasteiger charge is -2.23. The maximum absolute atomic E-state index is 11.8. The van der Waals surface area contributed by atoms with Gasteiger partial charge in [-0.3, -0.25) is 4.79 Å². The molecule has 3 nitrogen and oxygen atoms in total. The van der Waals surface area contributed by atoms with Gasteiger partial charge in [0.15, 0.2) is 0 Å². The fourth-order valence-electron chi connectivity index (χ4n) is 2.05. The van der Waals surface area contributed by atoms with Gasteiger partial charge in [-0.1, -0.05) is 44.8 Å². The number of phenols is 1. The molecule has 1 aliphatic rings. The van der Waals surface area contributed by atoms with Crippen molar-refractivity contribution in [3.8, 4) is 5.75 Å². The van der Waals surface area contributed by atoms with Gasteiger partial charge in [0.1, 0.15) is 10.1 Å². The third-order valence-electron chi connectivity index (χ3n) is 3.10. The summed E-state index contributed by atoms with van der Waals surface area (Å²) in [6.45, 7) is 8.07. The van der Waals surface area contributed by atoms with Crippen molar-refractivity contribution < 1.29 is 9.90 Å². The maximum Gasteiger partial charge on any atom is 0.263 e. The van der Waals surface area contributed by atoms with E-state index in [9.17, 15) is 9.90 Å². The van der Waals surface area contributed by atoms with E-state index in [1.165, 1.54) is 11.8 Å². The van der Waals surface area contributed by atoms with E-state index in [1.807, 2.05) is 19.1 Å². The summed E-state index contributed by atoms with van der Waals surface area (Å²) in [6.07, 6.45) is 1.84. The normalized spacial score (nSPS) is 17.7. The minimum atomic E-state index is -0.161. The van der Waals surface area contributed by atoms with Crippen molar-refractivity contribution in [2.75, 3.05) is 0 Å². The predicted molar refractivity (Wildman–Crippen MR) is 87.9 cm³/mol. The summed E-state index contributed by atoms with van der Waals surface area (Å²) in [7, 11) is 0. The SMILES string of the molecule is Cc1cc(/C=C2\SC(=S)NC2=O)c(C(C)(C)C)cc1O. The molecule has 1 fully saturated rings. The van der Waals surface area contributed by atoms with E-state index in [1.54, 1.807) is 6.07 Å². The molecule has 0 aliphatic carbocycles. The Bertz CT molecular complexity index is 627. The van der Waals surface area contributed by atoms with Gasteiger partial charge in [-0.05, 0) is 47.2 Å². The molecular formula is C15H17NO2S2. The predicted octanol–water partition coefficient (Wildman–Crippen LogP) is 3.49. The Morgan fingerprint density at radius 3 is 2.50 bits per heavy atom. The van der Waals surface area contributed by atoms with Gasteiger partial charge in [0.2, 0.25) is 0 Å². The van der Waals surface area contributed by atoms with Crippen molar-refractivity contribution in [3.05, 3.63) is 33.7 Å². The third kappa shape index (κ3) is 3.04. The highest BCUT2D eigenvalue weighted by Crippen LogP contribution is 2.34. The van der Waals surface area contributed by atoms with Crippen LogP contribution in [0.1, 0.15) is 37.5 Å². The molecule has 0 unspecified atom stereocenters. The lowest BCUT2D eigenvalue weighted by atomic mass is 9.82. The first kappa shape index (κ1) is 15.1. The van der Waals surface area contributed by atoms with Crippen LogP contribution in [0, 0.1) is 6.92 Å². The molecule has 0 atom stereocenters. The highest BCUT2D eigenvalue weighted by molar-refractivity contribution is 8.26. The van der Waals surface area contributed by atoms with Crippen LogP contribution in [-0.2, 0) is 10.2 Å². The van der Waals surface area contributed by atoms with Crippen molar-refractivity contribution in [3.63, 3.8) is 0 Å². The molecule has 1 aromatic rings. The van der Waals surface area contributed by atoms with Crippen LogP contribution >= 0.6 is 24.0 Å². The van der Waals surface area contributed by atoms with Crippen LogP contribution in [0.15, 0.2) is 17.0 Å². The monoisotopic (exact) mass is 307 g/mol. The molecule has 0 radical (unpaired) electrons. The Labute approximate surface area is 128 Å². The number of aryl methyl sites for hydroxylation is 1. The number of phenolic OH excluding ortho intramolecular Hbond substituents is 1. The van der Waals surface area contributed by atoms with E-state index >= 15 is 0 Å². The molecule has 0 aromatic heterocycles. The van der Waals surface area contributed by atoms with E-state index in [-0.39, 0.29) is 17.1 Å². The fraction of sp³-hybridized carbons (Fsp3) is 0.333. The summed E-state index contributed by atoms with van der Waals surface area (Å²) < 4.78 is 0.481. The number of amides is 1. The van der Waals surface area contributed by atoms with Gasteiger partial charge in [-0.15, -0.1) is 0 Å². The lowest BCUT2D eigenvalue weighted by Crippen LogP contribution is -2.18. The van der Waals surface area contributed by atoms with E-state index in [0.717, 1.165) is 16.7 Å². The van der Waals surface area contributed by atoms with Gasteiger partial charge in [0.25, 0.3) is 5.91 Å². The second-order valence-electron chi connectivity index (χ2n) is 5.83. The summed E-state index contributed by atoms with van der Waals surface area (Å²) >= 11 is 6.26. The molecule has 106 valence electrons. The number of rotatable bonds is 1. The van der Waals surface area contributed by atoms with E-state index in [2.05, 4.69) is 26.1 Å². The lowest BCUT2D eigenvalue weighted by molar-refractivity contribution is -0.115. The second-order valence-corrected chi connectivity index (χ2v) is 7.55. The van der Waals surface area contributed by atoms with Gasteiger partial charge in [-0.25, -0.2) is 0 Å². The number of carbonyl (C=O) groups excluding carboxylic acids is 1. The quantitative estimate of drug-likeness (QED) is 0.616. The van der Waals surface area contributed by atoms with Crippen LogP contribution in [-0.4, -0.2) is 15.3 Å². The summed E-state index contributed by atoms with van der Waals surface area (Å²) in [6, 6.07) is 3.68. The largest absolute Gasteiger partial charge is 0.508 e. The van der Waals surface area contributed by atoms with Crippen LogP contribution in [0.5, 0.6) is 5.75 Å². The van der Waals surface area contributed by atoms with E-state index in [4.69, 9.17) is 12.2 Å². The maximum atomic E-state index is 11.8. The summed E-state index contributed by atoms with van der Waals surface area (Å²) in [4.78, 5) is 12.4. The highest BCUT2D eigenvalue weighted by Gasteiger charge is 2.24. The molecule has 1 heterocycles. The summed E-state index contributed by atoms with van der Waals surface area (Å²) in [5.74, 6) is 0.113. The average Bonchev–Trinajstić information content (AvgIpc) is 2.60. The summed E-state index contributed by atoms with van der Waals surface area (Å²) in [5, 5.41) is 12.5. The number of carbonyl (C=O) groups is 1. The van der Waals surface area contributed by atoms with Crippen molar-refractivity contribution in [1.82, 2.24) is 5.32 Å². The Morgan fingerprint density at radius 1 is 1.35 bits per heavy atom. The number of hydrogen-bond acceptors (Lipinski definition) is 4. The topological polar surface area (TPSA) is 49.3 Å². The minimum absolute atomic E-state index is 0.127. The summed E-state index contributed by atoms with van der Waals surface area (Å²) in [5.41, 5.74) is 2.60. The fourth-order valence-corrected chi connectivity index (χ4v) is 3.09. The van der Waals surface area contributed by atoms with Gasteiger partial charge in [0, 0.05) is 0 Å². The zero-order valence-electron chi connectivity index (χ0n) is 11.9. The van der Waals surface area contributed by atoms with E-state index < -0.39 is 0 Å². The smallest absolute Gasteiger partial charge is 0.263 e. The molecule has 2 rings (SSSR count). The van der Waals surface area contributed by atoms with Crippen LogP contribution in [0.4, 0.5) is 0 Å². The van der Waals surface area contributed by atoms with Gasteiger partial charge >= 0.3 is 0 Å². The first-order valence-corrected chi connectivity index (χ1v) is 7.50. The van der Waals surface area contributed by atoms with Gasteiger partial charge in [-0.2, -0.15) is 0 Å². The number of aromatic hydroxyl groups is 1. The van der Waals surface area contributed by atoms with Gasteiger partial charge < -0.3 is 10.4 Å². The standard InChI is InChI=1S/C15H17NO2S2/c1-8-5-9(6-12-13(18)16-14(19)20-12)10(7-11(8)17)15(2,3)4/h5-7,17H,1-4H3,(H,16,18,19)/b12-6-. The Balaban J connectivity index is 2.56. The van der Waals surface area contributed by atoms with Crippen molar-refractivity contribution in [2.45, 2.75) is 33.1 Å². The molecule has 0 saturated carbocycles. The first-order chi connectivity index (χ1) is 9.18. The molecule has 2 N–H and O–H groups in total.